The highest BCUT2D eigenvalue weighted by Gasteiger charge is 2.22. The second-order valence-electron chi connectivity index (χ2n) is 5.69. The van der Waals surface area contributed by atoms with Crippen LogP contribution in [0.3, 0.4) is 0 Å². The van der Waals surface area contributed by atoms with Crippen molar-refractivity contribution in [3.63, 3.8) is 0 Å². The highest BCUT2D eigenvalue weighted by atomic mass is 32.2. The molecule has 3 rings (SSSR count). The summed E-state index contributed by atoms with van der Waals surface area (Å²) in [5.41, 5.74) is 7.51. The van der Waals surface area contributed by atoms with Crippen molar-refractivity contribution in [1.29, 1.82) is 0 Å². The number of benzene rings is 1. The van der Waals surface area contributed by atoms with Gasteiger partial charge in [-0.2, -0.15) is 0 Å². The Balaban J connectivity index is 2.02. The van der Waals surface area contributed by atoms with Gasteiger partial charge in [0.1, 0.15) is 5.76 Å². The summed E-state index contributed by atoms with van der Waals surface area (Å²) in [6.45, 7) is 4.43. The van der Waals surface area contributed by atoms with Crippen LogP contribution in [0.1, 0.15) is 24.7 Å². The molecule has 7 heteroatoms. The van der Waals surface area contributed by atoms with Gasteiger partial charge in [0.15, 0.2) is 11.0 Å². The summed E-state index contributed by atoms with van der Waals surface area (Å²) < 4.78 is 7.42. The molecule has 6 nitrogen and oxygen atoms in total. The van der Waals surface area contributed by atoms with Gasteiger partial charge in [-0.15, -0.1) is 10.2 Å². The van der Waals surface area contributed by atoms with Crippen LogP contribution in [0.2, 0.25) is 0 Å². The molecule has 0 aliphatic rings. The molecule has 1 atom stereocenters. The fourth-order valence-corrected chi connectivity index (χ4v) is 3.47. The third-order valence-electron chi connectivity index (χ3n) is 3.94. The number of primary amides is 1. The van der Waals surface area contributed by atoms with Crippen molar-refractivity contribution in [2.24, 2.45) is 5.73 Å². The predicted octanol–water partition coefficient (Wildman–Crippen LogP) is 3.25. The highest BCUT2D eigenvalue weighted by molar-refractivity contribution is 8.00. The standard InChI is InChI=1S/C18H20N4O2S/c1-3-15(16(19)23)25-18-21-20-17(14-9-10-24-12(14)2)22(18)11-13-7-5-4-6-8-13/h4-10,15H,3,11H2,1-2H3,(H2,19,23). The van der Waals surface area contributed by atoms with Crippen molar-refractivity contribution in [1.82, 2.24) is 14.8 Å². The predicted molar refractivity (Wildman–Crippen MR) is 97.1 cm³/mol. The summed E-state index contributed by atoms with van der Waals surface area (Å²) in [4.78, 5) is 11.6. The lowest BCUT2D eigenvalue weighted by atomic mass is 10.2. The third-order valence-corrected chi connectivity index (χ3v) is 5.30. The van der Waals surface area contributed by atoms with Crippen molar-refractivity contribution in [2.45, 2.75) is 37.2 Å². The van der Waals surface area contributed by atoms with Crippen LogP contribution in [0.5, 0.6) is 0 Å². The van der Waals surface area contributed by atoms with Crippen molar-refractivity contribution in [3.8, 4) is 11.4 Å². The van der Waals surface area contributed by atoms with E-state index in [1.807, 2.05) is 54.8 Å². The Morgan fingerprint density at radius 2 is 2.04 bits per heavy atom. The summed E-state index contributed by atoms with van der Waals surface area (Å²) in [5.74, 6) is 1.15. The number of furan rings is 1. The quantitative estimate of drug-likeness (QED) is 0.657. The summed E-state index contributed by atoms with van der Waals surface area (Å²) in [5, 5.41) is 8.98. The van der Waals surface area contributed by atoms with Crippen LogP contribution in [0.4, 0.5) is 0 Å². The molecule has 25 heavy (non-hydrogen) atoms. The molecule has 1 unspecified atom stereocenters. The van der Waals surface area contributed by atoms with E-state index in [-0.39, 0.29) is 11.2 Å². The van der Waals surface area contributed by atoms with Gasteiger partial charge in [-0.05, 0) is 25.0 Å². The van der Waals surface area contributed by atoms with E-state index in [1.165, 1.54) is 11.8 Å². The van der Waals surface area contributed by atoms with Gasteiger partial charge in [0.2, 0.25) is 5.91 Å². The zero-order chi connectivity index (χ0) is 17.8. The fraction of sp³-hybridized carbons (Fsp3) is 0.278. The topological polar surface area (TPSA) is 86.9 Å². The van der Waals surface area contributed by atoms with Crippen molar-refractivity contribution in [2.75, 3.05) is 0 Å². The number of thioether (sulfide) groups is 1. The number of carbonyl (C=O) groups is 1. The van der Waals surface area contributed by atoms with Gasteiger partial charge in [-0.1, -0.05) is 49.0 Å². The fourth-order valence-electron chi connectivity index (χ4n) is 2.57. The first-order chi connectivity index (χ1) is 12.1. The summed E-state index contributed by atoms with van der Waals surface area (Å²) in [6.07, 6.45) is 2.27. The largest absolute Gasteiger partial charge is 0.469 e. The Labute approximate surface area is 150 Å². The van der Waals surface area contributed by atoms with E-state index in [0.717, 1.165) is 22.7 Å². The summed E-state index contributed by atoms with van der Waals surface area (Å²) in [6, 6.07) is 11.9. The molecule has 1 aromatic carbocycles. The van der Waals surface area contributed by atoms with Crippen LogP contribution in [0.15, 0.2) is 52.2 Å². The van der Waals surface area contributed by atoms with Gasteiger partial charge in [0, 0.05) is 0 Å². The molecule has 130 valence electrons. The van der Waals surface area contributed by atoms with E-state index in [1.54, 1.807) is 6.26 Å². The molecule has 0 saturated carbocycles. The van der Waals surface area contributed by atoms with Crippen molar-refractivity contribution in [3.05, 3.63) is 54.0 Å². The Morgan fingerprint density at radius 1 is 1.28 bits per heavy atom. The van der Waals surface area contributed by atoms with Gasteiger partial charge in [-0.3, -0.25) is 9.36 Å². The second kappa shape index (κ2) is 7.57. The van der Waals surface area contributed by atoms with Crippen LogP contribution in [-0.4, -0.2) is 25.9 Å². The average Bonchev–Trinajstić information content (AvgIpc) is 3.19. The van der Waals surface area contributed by atoms with E-state index >= 15 is 0 Å². The average molecular weight is 356 g/mol. The third kappa shape index (κ3) is 3.76. The molecule has 0 bridgehead atoms. The molecular formula is C18H20N4O2S. The van der Waals surface area contributed by atoms with E-state index in [0.29, 0.717) is 18.1 Å². The van der Waals surface area contributed by atoms with Crippen molar-refractivity contribution >= 4 is 17.7 Å². The van der Waals surface area contributed by atoms with Crippen LogP contribution in [0, 0.1) is 6.92 Å². The minimum Gasteiger partial charge on any atom is -0.469 e. The molecule has 0 aliphatic heterocycles. The van der Waals surface area contributed by atoms with Crippen LogP contribution >= 0.6 is 11.8 Å². The normalized spacial score (nSPS) is 12.2. The number of rotatable bonds is 7. The molecule has 0 fully saturated rings. The SMILES string of the molecule is CCC(Sc1nnc(-c2ccoc2C)n1Cc1ccccc1)C(N)=O. The number of aromatic nitrogens is 3. The molecular weight excluding hydrogens is 336 g/mol. The maximum absolute atomic E-state index is 11.6. The molecule has 2 aromatic heterocycles. The number of carbonyl (C=O) groups excluding carboxylic acids is 1. The first-order valence-electron chi connectivity index (χ1n) is 8.07. The van der Waals surface area contributed by atoms with E-state index in [4.69, 9.17) is 10.2 Å². The summed E-state index contributed by atoms with van der Waals surface area (Å²) in [7, 11) is 0. The lowest BCUT2D eigenvalue weighted by Crippen LogP contribution is -2.25. The molecule has 2 heterocycles. The van der Waals surface area contributed by atoms with Crippen molar-refractivity contribution < 1.29 is 9.21 Å². The highest BCUT2D eigenvalue weighted by Crippen LogP contribution is 2.30. The minimum absolute atomic E-state index is 0.336. The summed E-state index contributed by atoms with van der Waals surface area (Å²) >= 11 is 1.35. The number of nitrogens with two attached hydrogens (primary N) is 1. The van der Waals surface area contributed by atoms with Crippen LogP contribution in [-0.2, 0) is 11.3 Å². The van der Waals surface area contributed by atoms with Gasteiger partial charge in [0.05, 0.1) is 23.6 Å². The molecule has 2 N–H and O–H groups in total. The van der Waals surface area contributed by atoms with Crippen LogP contribution < -0.4 is 5.73 Å². The monoisotopic (exact) mass is 356 g/mol. The van der Waals surface area contributed by atoms with E-state index in [9.17, 15) is 4.79 Å². The van der Waals surface area contributed by atoms with Gasteiger partial charge < -0.3 is 10.2 Å². The maximum Gasteiger partial charge on any atom is 0.231 e. The molecule has 0 aliphatic carbocycles. The first-order valence-corrected chi connectivity index (χ1v) is 8.95. The first kappa shape index (κ1) is 17.3. The Bertz CT molecular complexity index is 857. The van der Waals surface area contributed by atoms with Gasteiger partial charge >= 0.3 is 0 Å². The molecule has 3 aromatic rings. The van der Waals surface area contributed by atoms with Gasteiger partial charge in [0.25, 0.3) is 0 Å². The Morgan fingerprint density at radius 3 is 2.64 bits per heavy atom. The lowest BCUT2D eigenvalue weighted by molar-refractivity contribution is -0.117. The molecule has 0 radical (unpaired) electrons. The van der Waals surface area contributed by atoms with E-state index < -0.39 is 0 Å². The number of hydrogen-bond acceptors (Lipinski definition) is 5. The Kier molecular flexibility index (Phi) is 5.23. The number of amides is 1. The minimum atomic E-state index is -0.345. The number of hydrogen-bond donors (Lipinski definition) is 1. The van der Waals surface area contributed by atoms with Crippen LogP contribution in [0.25, 0.3) is 11.4 Å². The molecule has 0 saturated heterocycles. The maximum atomic E-state index is 11.6. The van der Waals surface area contributed by atoms with Gasteiger partial charge in [-0.25, -0.2) is 0 Å². The lowest BCUT2D eigenvalue weighted by Gasteiger charge is -2.13. The Hall–Kier alpha value is -2.54. The zero-order valence-corrected chi connectivity index (χ0v) is 15.0. The smallest absolute Gasteiger partial charge is 0.231 e. The number of aryl methyl sites for hydroxylation is 1. The zero-order valence-electron chi connectivity index (χ0n) is 14.2. The molecule has 1 amide bonds. The second-order valence-corrected chi connectivity index (χ2v) is 6.86. The molecule has 0 spiro atoms. The van der Waals surface area contributed by atoms with E-state index in [2.05, 4.69) is 10.2 Å². The number of nitrogens with zero attached hydrogens (tertiary/aromatic N) is 3.